The number of hydroxylamine groups is 2. The molecule has 2 amide bonds. The SMILES string of the molecule is COc1ccc(C(C)C(=O)ON2C(=O)c3ccccc3C2=O)cc1OC. The van der Waals surface area contributed by atoms with Crippen LogP contribution in [0.2, 0.25) is 0 Å². The molecular weight excluding hydrogens is 338 g/mol. The van der Waals surface area contributed by atoms with Gasteiger partial charge in [0.1, 0.15) is 0 Å². The van der Waals surface area contributed by atoms with Crippen LogP contribution in [-0.4, -0.2) is 37.1 Å². The highest BCUT2D eigenvalue weighted by molar-refractivity contribution is 6.20. The molecule has 0 aliphatic carbocycles. The van der Waals surface area contributed by atoms with Gasteiger partial charge in [0, 0.05) is 0 Å². The Bertz CT molecular complexity index is 856. The van der Waals surface area contributed by atoms with Crippen LogP contribution in [0, 0.1) is 0 Å². The second kappa shape index (κ2) is 6.87. The minimum atomic E-state index is -0.730. The molecule has 3 rings (SSSR count). The molecule has 2 aromatic rings. The quantitative estimate of drug-likeness (QED) is 0.767. The summed E-state index contributed by atoms with van der Waals surface area (Å²) in [5.74, 6) is -1.77. The Morgan fingerprint density at radius 2 is 1.50 bits per heavy atom. The first kappa shape index (κ1) is 17.5. The summed E-state index contributed by atoms with van der Waals surface area (Å²) in [5.41, 5.74) is 1.03. The molecule has 1 heterocycles. The summed E-state index contributed by atoms with van der Waals surface area (Å²) in [5, 5.41) is 0.504. The zero-order chi connectivity index (χ0) is 18.8. The number of carbonyl (C=O) groups excluding carboxylic acids is 3. The van der Waals surface area contributed by atoms with E-state index in [1.807, 2.05) is 0 Å². The third kappa shape index (κ3) is 2.88. The van der Waals surface area contributed by atoms with Crippen molar-refractivity contribution in [1.29, 1.82) is 0 Å². The predicted octanol–water partition coefficient (Wildman–Crippen LogP) is 2.56. The normalized spacial score (nSPS) is 14.0. The van der Waals surface area contributed by atoms with Gasteiger partial charge in [0.25, 0.3) is 11.8 Å². The minimum Gasteiger partial charge on any atom is -0.493 e. The summed E-state index contributed by atoms with van der Waals surface area (Å²) >= 11 is 0. The molecule has 7 nitrogen and oxygen atoms in total. The Morgan fingerprint density at radius 3 is 2.04 bits per heavy atom. The molecule has 0 aromatic heterocycles. The molecule has 1 aliphatic heterocycles. The number of imide groups is 1. The van der Waals surface area contributed by atoms with Crippen LogP contribution in [0.15, 0.2) is 42.5 Å². The van der Waals surface area contributed by atoms with Crippen molar-refractivity contribution in [3.8, 4) is 11.5 Å². The van der Waals surface area contributed by atoms with Gasteiger partial charge in [-0.1, -0.05) is 23.3 Å². The summed E-state index contributed by atoms with van der Waals surface area (Å²) in [6.07, 6.45) is 0. The van der Waals surface area contributed by atoms with E-state index in [4.69, 9.17) is 14.3 Å². The summed E-state index contributed by atoms with van der Waals surface area (Å²) in [7, 11) is 3.00. The van der Waals surface area contributed by atoms with Gasteiger partial charge < -0.3 is 14.3 Å². The molecule has 0 saturated heterocycles. The molecule has 0 radical (unpaired) electrons. The Balaban J connectivity index is 1.79. The fourth-order valence-electron chi connectivity index (χ4n) is 2.68. The Morgan fingerprint density at radius 1 is 0.923 bits per heavy atom. The molecule has 0 fully saturated rings. The van der Waals surface area contributed by atoms with Crippen LogP contribution in [0.5, 0.6) is 11.5 Å². The monoisotopic (exact) mass is 355 g/mol. The Kier molecular flexibility index (Phi) is 4.62. The molecule has 0 saturated carbocycles. The fourth-order valence-corrected chi connectivity index (χ4v) is 2.68. The number of ether oxygens (including phenoxy) is 2. The number of hydrogen-bond acceptors (Lipinski definition) is 6. The lowest BCUT2D eigenvalue weighted by Gasteiger charge is -2.17. The van der Waals surface area contributed by atoms with Crippen LogP contribution in [0.1, 0.15) is 39.1 Å². The van der Waals surface area contributed by atoms with Gasteiger partial charge >= 0.3 is 5.97 Å². The van der Waals surface area contributed by atoms with Crippen molar-refractivity contribution in [3.05, 3.63) is 59.2 Å². The van der Waals surface area contributed by atoms with E-state index in [1.54, 1.807) is 37.3 Å². The maximum absolute atomic E-state index is 12.5. The van der Waals surface area contributed by atoms with Crippen LogP contribution >= 0.6 is 0 Å². The van der Waals surface area contributed by atoms with Crippen molar-refractivity contribution in [2.24, 2.45) is 0 Å². The number of methoxy groups -OCH3 is 2. The molecule has 7 heteroatoms. The molecule has 1 atom stereocenters. The van der Waals surface area contributed by atoms with E-state index in [-0.39, 0.29) is 11.1 Å². The Hall–Kier alpha value is -3.35. The van der Waals surface area contributed by atoms with Crippen LogP contribution in [-0.2, 0) is 9.63 Å². The van der Waals surface area contributed by atoms with Gasteiger partial charge in [-0.15, -0.1) is 0 Å². The maximum atomic E-state index is 12.5. The van der Waals surface area contributed by atoms with E-state index in [1.165, 1.54) is 26.4 Å². The largest absolute Gasteiger partial charge is 0.493 e. The highest BCUT2D eigenvalue weighted by atomic mass is 16.7. The number of amides is 2. The number of benzene rings is 2. The summed E-state index contributed by atoms with van der Waals surface area (Å²) in [4.78, 5) is 42.1. The first-order valence-corrected chi connectivity index (χ1v) is 7.89. The molecule has 134 valence electrons. The molecule has 0 spiro atoms. The van der Waals surface area contributed by atoms with E-state index in [0.717, 1.165) is 0 Å². The molecule has 1 unspecified atom stereocenters. The van der Waals surface area contributed by atoms with Crippen LogP contribution in [0.3, 0.4) is 0 Å². The van der Waals surface area contributed by atoms with Crippen molar-refractivity contribution in [1.82, 2.24) is 5.06 Å². The van der Waals surface area contributed by atoms with Gasteiger partial charge in [-0.25, -0.2) is 4.79 Å². The van der Waals surface area contributed by atoms with Gasteiger partial charge in [-0.3, -0.25) is 9.59 Å². The van der Waals surface area contributed by atoms with Crippen molar-refractivity contribution >= 4 is 17.8 Å². The zero-order valence-electron chi connectivity index (χ0n) is 14.5. The molecule has 26 heavy (non-hydrogen) atoms. The highest BCUT2D eigenvalue weighted by Gasteiger charge is 2.39. The van der Waals surface area contributed by atoms with Gasteiger partial charge in [0.15, 0.2) is 11.5 Å². The molecule has 1 aliphatic rings. The first-order chi connectivity index (χ1) is 12.5. The van der Waals surface area contributed by atoms with Crippen LogP contribution in [0.4, 0.5) is 0 Å². The zero-order valence-corrected chi connectivity index (χ0v) is 14.5. The molecular formula is C19H17NO6. The average Bonchev–Trinajstić information content (AvgIpc) is 2.92. The van der Waals surface area contributed by atoms with E-state index in [9.17, 15) is 14.4 Å². The van der Waals surface area contributed by atoms with E-state index < -0.39 is 23.7 Å². The minimum absolute atomic E-state index is 0.212. The lowest BCUT2D eigenvalue weighted by molar-refractivity contribution is -0.170. The summed E-state index contributed by atoms with van der Waals surface area (Å²) in [6.45, 7) is 1.61. The fraction of sp³-hybridized carbons (Fsp3) is 0.211. The second-order valence-corrected chi connectivity index (χ2v) is 5.70. The average molecular weight is 355 g/mol. The van der Waals surface area contributed by atoms with Gasteiger partial charge in [0.05, 0.1) is 31.3 Å². The number of nitrogens with zero attached hydrogens (tertiary/aromatic N) is 1. The third-order valence-corrected chi connectivity index (χ3v) is 4.20. The number of hydrogen-bond donors (Lipinski definition) is 0. The lowest BCUT2D eigenvalue weighted by Crippen LogP contribution is -2.34. The molecule has 0 N–H and O–H groups in total. The van der Waals surface area contributed by atoms with Crippen LogP contribution in [0.25, 0.3) is 0 Å². The first-order valence-electron chi connectivity index (χ1n) is 7.89. The second-order valence-electron chi connectivity index (χ2n) is 5.70. The van der Waals surface area contributed by atoms with Gasteiger partial charge in [-0.2, -0.15) is 0 Å². The van der Waals surface area contributed by atoms with Crippen molar-refractivity contribution in [2.75, 3.05) is 14.2 Å². The number of carbonyl (C=O) groups is 3. The van der Waals surface area contributed by atoms with E-state index in [0.29, 0.717) is 22.1 Å². The molecule has 2 aromatic carbocycles. The number of fused-ring (bicyclic) bond motifs is 1. The van der Waals surface area contributed by atoms with E-state index >= 15 is 0 Å². The topological polar surface area (TPSA) is 82.1 Å². The summed E-state index contributed by atoms with van der Waals surface area (Å²) in [6, 6.07) is 11.3. The van der Waals surface area contributed by atoms with E-state index in [2.05, 4.69) is 0 Å². The van der Waals surface area contributed by atoms with Crippen LogP contribution < -0.4 is 9.47 Å². The van der Waals surface area contributed by atoms with Crippen molar-refractivity contribution in [2.45, 2.75) is 12.8 Å². The smallest absolute Gasteiger partial charge is 0.340 e. The highest BCUT2D eigenvalue weighted by Crippen LogP contribution is 2.31. The van der Waals surface area contributed by atoms with Gasteiger partial charge in [-0.05, 0) is 36.8 Å². The Labute approximate surface area is 150 Å². The molecule has 0 bridgehead atoms. The maximum Gasteiger partial charge on any atom is 0.340 e. The van der Waals surface area contributed by atoms with Crippen molar-refractivity contribution in [3.63, 3.8) is 0 Å². The lowest BCUT2D eigenvalue weighted by atomic mass is 10.0. The predicted molar refractivity (Wildman–Crippen MR) is 91.0 cm³/mol. The summed E-state index contributed by atoms with van der Waals surface area (Å²) < 4.78 is 10.4. The third-order valence-electron chi connectivity index (χ3n) is 4.20. The van der Waals surface area contributed by atoms with Crippen molar-refractivity contribution < 1.29 is 28.7 Å². The number of rotatable bonds is 5. The van der Waals surface area contributed by atoms with Gasteiger partial charge in [0.2, 0.25) is 0 Å². The standard InChI is InChI=1S/C19H17NO6/c1-11(12-8-9-15(24-2)16(10-12)25-3)19(23)26-20-17(21)13-6-4-5-7-14(13)18(20)22/h4-11H,1-3H3.